The molecule has 2 heterocycles. The van der Waals surface area contributed by atoms with Crippen molar-refractivity contribution >= 4 is 11.8 Å². The molecule has 6 rings (SSSR count). The highest BCUT2D eigenvalue weighted by Gasteiger charge is 2.74. The van der Waals surface area contributed by atoms with Crippen LogP contribution in [0.2, 0.25) is 0 Å². The van der Waals surface area contributed by atoms with Gasteiger partial charge in [0, 0.05) is 18.3 Å². The minimum atomic E-state index is -0.512. The van der Waals surface area contributed by atoms with Crippen molar-refractivity contribution in [2.45, 2.75) is 90.3 Å². The third-order valence-corrected chi connectivity index (χ3v) is 10.3. The molecule has 4 nitrogen and oxygen atoms in total. The molecule has 4 bridgehead atoms. The van der Waals surface area contributed by atoms with Crippen LogP contribution >= 0.6 is 0 Å². The van der Waals surface area contributed by atoms with E-state index in [4.69, 9.17) is 9.47 Å². The third kappa shape index (κ3) is 2.16. The Morgan fingerprint density at radius 1 is 1.18 bits per heavy atom. The zero-order valence-electron chi connectivity index (χ0n) is 18.0. The van der Waals surface area contributed by atoms with Gasteiger partial charge in [0.1, 0.15) is 5.60 Å². The Morgan fingerprint density at radius 3 is 2.68 bits per heavy atom. The second kappa shape index (κ2) is 6.06. The summed E-state index contributed by atoms with van der Waals surface area (Å²) in [5.41, 5.74) is -0.468. The Kier molecular flexibility index (Phi) is 4.13. The van der Waals surface area contributed by atoms with Crippen molar-refractivity contribution in [2.75, 3.05) is 7.11 Å². The molecular formula is C24H36O4. The van der Waals surface area contributed by atoms with Crippen molar-refractivity contribution in [3.05, 3.63) is 0 Å². The van der Waals surface area contributed by atoms with Crippen molar-refractivity contribution in [1.82, 2.24) is 0 Å². The second-order valence-electron chi connectivity index (χ2n) is 11.2. The number of carbonyl (C=O) groups excluding carboxylic acids is 2. The number of carbonyl (C=O) groups is 2. The van der Waals surface area contributed by atoms with E-state index in [0.29, 0.717) is 48.4 Å². The minimum absolute atomic E-state index is 0.00366. The first kappa shape index (κ1) is 19.1. The quantitative estimate of drug-likeness (QED) is 0.666. The lowest BCUT2D eigenvalue weighted by atomic mass is 9.40. The molecule has 6 aliphatic rings. The van der Waals surface area contributed by atoms with Crippen molar-refractivity contribution in [3.63, 3.8) is 0 Å². The Hall–Kier alpha value is -0.900. The number of Topliss-reactive ketones (excluding diaryl/α,β-unsaturated/α-hetero) is 1. The summed E-state index contributed by atoms with van der Waals surface area (Å²) < 4.78 is 11.7. The topological polar surface area (TPSA) is 52.6 Å². The molecule has 2 aliphatic heterocycles. The molecule has 0 N–H and O–H groups in total. The number of hydrogen-bond acceptors (Lipinski definition) is 4. The first-order valence-corrected chi connectivity index (χ1v) is 11.5. The lowest BCUT2D eigenvalue weighted by Crippen LogP contribution is -2.75. The van der Waals surface area contributed by atoms with Crippen LogP contribution in [0, 0.1) is 40.4 Å². The van der Waals surface area contributed by atoms with Crippen LogP contribution in [0.15, 0.2) is 0 Å². The van der Waals surface area contributed by atoms with Gasteiger partial charge in [-0.05, 0) is 80.0 Å². The maximum atomic E-state index is 13.9. The summed E-state index contributed by atoms with van der Waals surface area (Å²) in [6.07, 6.45) is 9.60. The fourth-order valence-corrected chi connectivity index (χ4v) is 9.08. The average molecular weight is 389 g/mol. The van der Waals surface area contributed by atoms with Crippen LogP contribution in [0.25, 0.3) is 0 Å². The lowest BCUT2D eigenvalue weighted by Gasteiger charge is -2.70. The van der Waals surface area contributed by atoms with Crippen LogP contribution in [0.4, 0.5) is 0 Å². The van der Waals surface area contributed by atoms with Gasteiger partial charge in [-0.1, -0.05) is 20.8 Å². The molecule has 4 aliphatic carbocycles. The molecule has 0 amide bonds. The highest BCUT2D eigenvalue weighted by molar-refractivity contribution is 5.91. The largest absolute Gasteiger partial charge is 0.469 e. The summed E-state index contributed by atoms with van der Waals surface area (Å²) in [4.78, 5) is 25.8. The molecular weight excluding hydrogens is 352 g/mol. The molecule has 0 unspecified atom stereocenters. The molecule has 0 aromatic rings. The SMILES string of the molecule is COC(=O)C[C@@H](C)[C@H]1CC[C@H]2[C@@H]3CC[C@H]4C[C@H]5CC[C@]4(C)[C@@]3(O5)C(=O)C[C@]12C. The highest BCUT2D eigenvalue weighted by atomic mass is 16.5. The fraction of sp³-hybridized carbons (Fsp3) is 0.917. The summed E-state index contributed by atoms with van der Waals surface area (Å²) >= 11 is 0. The zero-order chi connectivity index (χ0) is 19.9. The predicted molar refractivity (Wildman–Crippen MR) is 106 cm³/mol. The predicted octanol–water partition coefficient (Wildman–Crippen LogP) is 4.54. The van der Waals surface area contributed by atoms with Gasteiger partial charge in [0.15, 0.2) is 5.78 Å². The first-order chi connectivity index (χ1) is 13.3. The monoisotopic (exact) mass is 388 g/mol. The van der Waals surface area contributed by atoms with Gasteiger partial charge in [-0.15, -0.1) is 0 Å². The van der Waals surface area contributed by atoms with Crippen molar-refractivity contribution in [1.29, 1.82) is 0 Å². The number of hydrogen-bond donors (Lipinski definition) is 0. The van der Waals surface area contributed by atoms with Gasteiger partial charge < -0.3 is 9.47 Å². The standard InChI is InChI=1S/C24H36O4/c1-14(11-21(26)27-4)17-7-8-18-19-6-5-15-12-16-9-10-23(15,3)24(19,28-16)20(25)13-22(17,18)2/h14-19H,5-13H2,1-4H3/t14-,15+,16-,17-,18+,19+,22-,23+,24+/m1/s1. The Morgan fingerprint density at radius 2 is 1.93 bits per heavy atom. The van der Waals surface area contributed by atoms with E-state index in [-0.39, 0.29) is 22.7 Å². The van der Waals surface area contributed by atoms with Crippen LogP contribution in [0.5, 0.6) is 0 Å². The van der Waals surface area contributed by atoms with E-state index in [1.54, 1.807) is 0 Å². The van der Waals surface area contributed by atoms with Gasteiger partial charge >= 0.3 is 5.97 Å². The highest BCUT2D eigenvalue weighted by Crippen LogP contribution is 2.72. The van der Waals surface area contributed by atoms with E-state index in [2.05, 4.69) is 20.8 Å². The van der Waals surface area contributed by atoms with E-state index >= 15 is 0 Å². The van der Waals surface area contributed by atoms with Crippen LogP contribution < -0.4 is 0 Å². The van der Waals surface area contributed by atoms with Crippen molar-refractivity contribution < 1.29 is 19.1 Å². The van der Waals surface area contributed by atoms with Crippen LogP contribution in [-0.4, -0.2) is 30.6 Å². The molecule has 0 aromatic heterocycles. The summed E-state index contributed by atoms with van der Waals surface area (Å²) in [6, 6.07) is 0. The summed E-state index contributed by atoms with van der Waals surface area (Å²) in [5.74, 6) is 2.54. The summed E-state index contributed by atoms with van der Waals surface area (Å²) in [6.45, 7) is 6.91. The molecule has 9 atom stereocenters. The summed E-state index contributed by atoms with van der Waals surface area (Å²) in [5, 5.41) is 0. The van der Waals surface area contributed by atoms with Crippen molar-refractivity contribution in [3.8, 4) is 0 Å². The van der Waals surface area contributed by atoms with E-state index in [0.717, 1.165) is 25.7 Å². The number of fused-ring (bicyclic) bond motifs is 3. The number of rotatable bonds is 3. The zero-order valence-corrected chi connectivity index (χ0v) is 18.0. The molecule has 4 saturated carbocycles. The van der Waals surface area contributed by atoms with Crippen molar-refractivity contribution in [2.24, 2.45) is 40.4 Å². The van der Waals surface area contributed by atoms with E-state index in [9.17, 15) is 9.59 Å². The normalized spacial score (nSPS) is 52.7. The van der Waals surface area contributed by atoms with Gasteiger partial charge in [0.05, 0.1) is 13.2 Å². The molecule has 0 aromatic carbocycles. The minimum Gasteiger partial charge on any atom is -0.469 e. The first-order valence-electron chi connectivity index (χ1n) is 11.5. The molecule has 1 spiro atoms. The maximum Gasteiger partial charge on any atom is 0.305 e. The van der Waals surface area contributed by atoms with E-state index in [1.165, 1.54) is 26.4 Å². The van der Waals surface area contributed by atoms with E-state index < -0.39 is 5.60 Å². The molecule has 156 valence electrons. The summed E-state index contributed by atoms with van der Waals surface area (Å²) in [7, 11) is 1.47. The van der Waals surface area contributed by atoms with Gasteiger partial charge in [0.2, 0.25) is 0 Å². The Labute approximate surface area is 169 Å². The molecule has 6 fully saturated rings. The van der Waals surface area contributed by atoms with Gasteiger partial charge in [-0.25, -0.2) is 0 Å². The Balaban J connectivity index is 1.50. The fourth-order valence-electron chi connectivity index (χ4n) is 9.08. The second-order valence-corrected chi connectivity index (χ2v) is 11.2. The van der Waals surface area contributed by atoms with Crippen LogP contribution in [0.1, 0.15) is 78.6 Å². The lowest BCUT2D eigenvalue weighted by molar-refractivity contribution is -0.307. The number of ketones is 1. The van der Waals surface area contributed by atoms with Crippen LogP contribution in [-0.2, 0) is 19.1 Å². The maximum absolute atomic E-state index is 13.9. The van der Waals surface area contributed by atoms with Gasteiger partial charge in [0.25, 0.3) is 0 Å². The third-order valence-electron chi connectivity index (χ3n) is 10.3. The molecule has 4 heteroatoms. The number of ether oxygens (including phenoxy) is 2. The van der Waals surface area contributed by atoms with Gasteiger partial charge in [-0.3, -0.25) is 9.59 Å². The molecule has 28 heavy (non-hydrogen) atoms. The Bertz CT molecular complexity index is 703. The van der Waals surface area contributed by atoms with Crippen LogP contribution in [0.3, 0.4) is 0 Å². The number of methoxy groups -OCH3 is 1. The molecule has 2 saturated heterocycles. The van der Waals surface area contributed by atoms with E-state index in [1.807, 2.05) is 0 Å². The smallest absolute Gasteiger partial charge is 0.305 e. The number of esters is 1. The average Bonchev–Trinajstić information content (AvgIpc) is 2.98. The van der Waals surface area contributed by atoms with Gasteiger partial charge in [-0.2, -0.15) is 0 Å². The molecule has 0 radical (unpaired) electrons.